The Balaban J connectivity index is 1.45. The van der Waals surface area contributed by atoms with Gasteiger partial charge in [-0.05, 0) is 54.2 Å². The van der Waals surface area contributed by atoms with E-state index in [1.807, 2.05) is 30.3 Å². The van der Waals surface area contributed by atoms with E-state index in [2.05, 4.69) is 5.32 Å². The number of amides is 2. The van der Waals surface area contributed by atoms with Gasteiger partial charge in [-0.3, -0.25) is 9.59 Å². The molecular weight excluding hydrogens is 356 g/mol. The van der Waals surface area contributed by atoms with Crippen molar-refractivity contribution in [3.8, 4) is 5.75 Å². The van der Waals surface area contributed by atoms with Crippen LogP contribution in [0.15, 0.2) is 42.5 Å². The maximum Gasteiger partial charge on any atom is 0.255 e. The van der Waals surface area contributed by atoms with Gasteiger partial charge in [0.25, 0.3) is 5.91 Å². The van der Waals surface area contributed by atoms with E-state index in [4.69, 9.17) is 9.84 Å². The van der Waals surface area contributed by atoms with Crippen molar-refractivity contribution < 1.29 is 19.4 Å². The third-order valence-corrected chi connectivity index (χ3v) is 5.40. The van der Waals surface area contributed by atoms with Crippen LogP contribution in [0.1, 0.15) is 46.3 Å². The molecule has 1 fully saturated rings. The lowest BCUT2D eigenvalue weighted by Crippen LogP contribution is -2.45. The first-order valence-electron chi connectivity index (χ1n) is 9.69. The fourth-order valence-electron chi connectivity index (χ4n) is 3.79. The highest BCUT2D eigenvalue weighted by molar-refractivity contribution is 6.01. The molecule has 2 aliphatic rings. The van der Waals surface area contributed by atoms with E-state index in [1.165, 1.54) is 0 Å². The summed E-state index contributed by atoms with van der Waals surface area (Å²) < 4.78 is 5.88. The Morgan fingerprint density at radius 3 is 2.64 bits per heavy atom. The van der Waals surface area contributed by atoms with Crippen molar-refractivity contribution in [1.29, 1.82) is 0 Å². The lowest BCUT2D eigenvalue weighted by Gasteiger charge is -2.25. The number of benzene rings is 2. The molecule has 0 saturated carbocycles. The van der Waals surface area contributed by atoms with Gasteiger partial charge in [0.2, 0.25) is 5.91 Å². The third-order valence-electron chi connectivity index (χ3n) is 5.40. The number of fused-ring (bicyclic) bond motifs is 1. The van der Waals surface area contributed by atoms with E-state index in [0.717, 1.165) is 29.5 Å². The van der Waals surface area contributed by atoms with Crippen molar-refractivity contribution in [2.45, 2.75) is 45.1 Å². The highest BCUT2D eigenvalue weighted by Gasteiger charge is 2.36. The van der Waals surface area contributed by atoms with Gasteiger partial charge in [0, 0.05) is 18.7 Å². The first-order valence-corrected chi connectivity index (χ1v) is 9.69. The van der Waals surface area contributed by atoms with E-state index in [-0.39, 0.29) is 18.4 Å². The summed E-state index contributed by atoms with van der Waals surface area (Å²) in [5, 5.41) is 12.0. The first-order chi connectivity index (χ1) is 13.7. The number of aliphatic hydroxyl groups is 1. The molecule has 0 aliphatic carbocycles. The van der Waals surface area contributed by atoms with Gasteiger partial charge >= 0.3 is 0 Å². The molecule has 2 amide bonds. The molecule has 1 saturated heterocycles. The average Bonchev–Trinajstić information content (AvgIpc) is 2.89. The zero-order chi connectivity index (χ0) is 19.5. The number of carbonyl (C=O) groups excluding carboxylic acids is 2. The van der Waals surface area contributed by atoms with E-state index < -0.39 is 6.04 Å². The summed E-state index contributed by atoms with van der Waals surface area (Å²) in [5.74, 6) is 0.564. The zero-order valence-corrected chi connectivity index (χ0v) is 15.7. The van der Waals surface area contributed by atoms with E-state index in [1.54, 1.807) is 17.0 Å². The van der Waals surface area contributed by atoms with Gasteiger partial charge in [0.1, 0.15) is 18.4 Å². The molecule has 6 nitrogen and oxygen atoms in total. The van der Waals surface area contributed by atoms with Crippen molar-refractivity contribution in [3.05, 3.63) is 64.7 Å². The number of hydrogen-bond acceptors (Lipinski definition) is 4. The summed E-state index contributed by atoms with van der Waals surface area (Å²) in [6.07, 6.45) is 2.60. The summed E-state index contributed by atoms with van der Waals surface area (Å²) in [4.78, 5) is 26.8. The third kappa shape index (κ3) is 3.73. The molecule has 2 N–H and O–H groups in total. The lowest BCUT2D eigenvalue weighted by molar-refractivity contribution is -0.125. The van der Waals surface area contributed by atoms with Gasteiger partial charge in [-0.15, -0.1) is 0 Å². The van der Waals surface area contributed by atoms with Crippen LogP contribution in [0.4, 0.5) is 0 Å². The van der Waals surface area contributed by atoms with Crippen LogP contribution in [0, 0.1) is 0 Å². The Hall–Kier alpha value is -2.86. The number of ether oxygens (including phenoxy) is 1. The van der Waals surface area contributed by atoms with Crippen LogP contribution in [-0.4, -0.2) is 34.4 Å². The van der Waals surface area contributed by atoms with Gasteiger partial charge in [0.15, 0.2) is 0 Å². The van der Waals surface area contributed by atoms with Crippen molar-refractivity contribution in [2.24, 2.45) is 0 Å². The summed E-state index contributed by atoms with van der Waals surface area (Å²) in [7, 11) is 0. The van der Waals surface area contributed by atoms with Crippen LogP contribution in [0.25, 0.3) is 0 Å². The molecule has 2 heterocycles. The molecule has 0 aromatic heterocycles. The fraction of sp³-hybridized carbons (Fsp3) is 0.364. The highest BCUT2D eigenvalue weighted by Crippen LogP contribution is 2.30. The maximum atomic E-state index is 12.8. The lowest BCUT2D eigenvalue weighted by atomic mass is 10.1. The Morgan fingerprint density at radius 2 is 1.86 bits per heavy atom. The second-order valence-electron chi connectivity index (χ2n) is 7.32. The Kier molecular flexibility index (Phi) is 5.30. The summed E-state index contributed by atoms with van der Waals surface area (Å²) in [6.45, 7) is 1.55. The number of hydrogen-bond donors (Lipinski definition) is 2. The molecule has 28 heavy (non-hydrogen) atoms. The molecule has 1 atom stereocenters. The van der Waals surface area contributed by atoms with E-state index in [0.29, 0.717) is 37.4 Å². The predicted molar refractivity (Wildman–Crippen MR) is 104 cm³/mol. The van der Waals surface area contributed by atoms with Crippen LogP contribution in [-0.2, 0) is 24.6 Å². The van der Waals surface area contributed by atoms with Crippen molar-refractivity contribution in [1.82, 2.24) is 10.2 Å². The molecule has 0 radical (unpaired) electrons. The number of rotatable bonds is 5. The Morgan fingerprint density at radius 1 is 1.07 bits per heavy atom. The number of aliphatic hydroxyl groups excluding tert-OH is 1. The average molecular weight is 380 g/mol. The maximum absolute atomic E-state index is 12.8. The monoisotopic (exact) mass is 380 g/mol. The summed E-state index contributed by atoms with van der Waals surface area (Å²) in [5.41, 5.74) is 3.42. The van der Waals surface area contributed by atoms with Crippen LogP contribution >= 0.6 is 0 Å². The van der Waals surface area contributed by atoms with Crippen molar-refractivity contribution >= 4 is 11.8 Å². The smallest absolute Gasteiger partial charge is 0.255 e. The number of nitrogens with one attached hydrogen (secondary N) is 1. The quantitative estimate of drug-likeness (QED) is 0.835. The minimum Gasteiger partial charge on any atom is -0.489 e. The summed E-state index contributed by atoms with van der Waals surface area (Å²) >= 11 is 0. The minimum absolute atomic E-state index is 0.0233. The van der Waals surface area contributed by atoms with Crippen LogP contribution < -0.4 is 10.1 Å². The van der Waals surface area contributed by atoms with Gasteiger partial charge in [-0.1, -0.05) is 24.3 Å². The first kappa shape index (κ1) is 18.5. The highest BCUT2D eigenvalue weighted by atomic mass is 16.5. The van der Waals surface area contributed by atoms with E-state index in [9.17, 15) is 9.59 Å². The topological polar surface area (TPSA) is 78.9 Å². The van der Waals surface area contributed by atoms with Crippen molar-refractivity contribution in [3.63, 3.8) is 0 Å². The molecule has 2 aromatic rings. The normalized spacial score (nSPS) is 19.2. The van der Waals surface area contributed by atoms with Gasteiger partial charge in [0.05, 0.1) is 6.61 Å². The second-order valence-corrected chi connectivity index (χ2v) is 7.32. The molecular formula is C22H24N2O4. The molecule has 1 unspecified atom stereocenters. The Bertz CT molecular complexity index is 879. The van der Waals surface area contributed by atoms with Crippen molar-refractivity contribution in [2.75, 3.05) is 6.54 Å². The van der Waals surface area contributed by atoms with Crippen LogP contribution in [0.5, 0.6) is 5.75 Å². The van der Waals surface area contributed by atoms with Gasteiger partial charge in [-0.25, -0.2) is 0 Å². The second kappa shape index (κ2) is 8.02. The molecule has 4 rings (SSSR count). The predicted octanol–water partition coefficient (Wildman–Crippen LogP) is 2.38. The van der Waals surface area contributed by atoms with Crippen LogP contribution in [0.2, 0.25) is 0 Å². The molecule has 0 spiro atoms. The summed E-state index contributed by atoms with van der Waals surface area (Å²) in [6, 6.07) is 12.7. The zero-order valence-electron chi connectivity index (χ0n) is 15.7. The number of carbonyl (C=O) groups is 2. The molecule has 6 heteroatoms. The van der Waals surface area contributed by atoms with Gasteiger partial charge in [-0.2, -0.15) is 0 Å². The van der Waals surface area contributed by atoms with Crippen LogP contribution in [0.3, 0.4) is 0 Å². The largest absolute Gasteiger partial charge is 0.489 e. The molecule has 2 aliphatic heterocycles. The fourth-order valence-corrected chi connectivity index (χ4v) is 3.79. The Labute approximate surface area is 164 Å². The molecule has 0 bridgehead atoms. The van der Waals surface area contributed by atoms with Gasteiger partial charge < -0.3 is 20.1 Å². The molecule has 2 aromatic carbocycles. The minimum atomic E-state index is -0.392. The standard InChI is InChI=1S/C22H24N2O4/c25-13-15-4-6-16(7-5-15)14-28-18-8-9-19-17(11-18)12-24(22(19)27)20-3-1-2-10-23-21(20)26/h4-9,11,20,25H,1-3,10,12-14H2,(H,23,26). The van der Waals surface area contributed by atoms with E-state index >= 15 is 0 Å². The number of nitrogens with zero attached hydrogens (tertiary/aromatic N) is 1. The molecule has 146 valence electrons. The SMILES string of the molecule is O=C1NCCCCC1N1Cc2cc(OCc3ccc(CO)cc3)ccc2C1=O.